The van der Waals surface area contributed by atoms with Crippen LogP contribution in [0.4, 0.5) is 0 Å². The Balaban J connectivity index is 0.00000324. The molecule has 0 aromatic heterocycles. The molecule has 0 unspecified atom stereocenters. The first-order valence-corrected chi connectivity index (χ1v) is 5.79. The van der Waals surface area contributed by atoms with E-state index in [4.69, 9.17) is 5.11 Å². The van der Waals surface area contributed by atoms with Gasteiger partial charge in [0.2, 0.25) is 0 Å². The Bertz CT molecular complexity index is 423. The second-order valence-corrected chi connectivity index (χ2v) is 5.29. The third kappa shape index (κ3) is 4.50. The van der Waals surface area contributed by atoms with Crippen molar-refractivity contribution in [2.45, 2.75) is 38.6 Å². The normalized spacial score (nSPS) is 12.2. The molecule has 1 aromatic carbocycles. The van der Waals surface area contributed by atoms with Crippen molar-refractivity contribution in [3.8, 4) is 0 Å². The zero-order valence-corrected chi connectivity index (χ0v) is 13.6. The van der Waals surface area contributed by atoms with Crippen molar-refractivity contribution in [1.29, 1.82) is 0 Å². The summed E-state index contributed by atoms with van der Waals surface area (Å²) in [6.45, 7) is 6.35. The first kappa shape index (κ1) is 16.2. The molecule has 0 bridgehead atoms. The fraction of sp³-hybridized carbons (Fsp3) is 0.429. The molecule has 19 heavy (non-hydrogen) atoms. The molecule has 1 amide bonds. The van der Waals surface area contributed by atoms with E-state index in [1.165, 1.54) is 12.0 Å². The molecule has 0 fully saturated rings. The molecule has 0 spiro atoms. The summed E-state index contributed by atoms with van der Waals surface area (Å²) in [5.74, 6) is -1.06. The maximum absolute atomic E-state index is 10.9. The smallest absolute Gasteiger partial charge is 0.323 e. The van der Waals surface area contributed by atoms with Gasteiger partial charge in [-0.1, -0.05) is 45.0 Å². The zero-order valence-electron chi connectivity index (χ0n) is 11.1. The molecule has 0 heterocycles. The second kappa shape index (κ2) is 6.19. The van der Waals surface area contributed by atoms with Gasteiger partial charge in [-0.3, -0.25) is 4.79 Å². The van der Waals surface area contributed by atoms with Crippen molar-refractivity contribution >= 4 is 12.4 Å². The largest absolute Gasteiger partial charge is 0.520 e. The first-order valence-electron chi connectivity index (χ1n) is 5.79. The Hall–Kier alpha value is -2.84. The van der Waals surface area contributed by atoms with Crippen LogP contribution in [0.2, 0.25) is 0 Å². The zero-order chi connectivity index (χ0) is 13.8. The molecule has 2 N–H and O–H groups in total. The van der Waals surface area contributed by atoms with Gasteiger partial charge in [-0.2, -0.15) is 6.41 Å². The van der Waals surface area contributed by atoms with Gasteiger partial charge in [-0.25, -0.2) is 0 Å². The number of hydrogen-bond acceptors (Lipinski definition) is 2. The molecule has 1 rings (SSSR count). The number of nitrogens with one attached hydrogen (secondary N) is 1. The minimum atomic E-state index is -1.06. The van der Waals surface area contributed by atoms with E-state index in [9.17, 15) is 9.59 Å². The van der Waals surface area contributed by atoms with Gasteiger partial charge in [0.25, 0.3) is 0 Å². The summed E-state index contributed by atoms with van der Waals surface area (Å²) in [6.07, 6.45) is 1.68. The number of carboxylic acid groups (broad SMARTS) is 1. The van der Waals surface area contributed by atoms with E-state index in [1.807, 2.05) is 24.3 Å². The Morgan fingerprint density at radius 2 is 1.84 bits per heavy atom. The average Bonchev–Trinajstić information content (AvgIpc) is 2.28. The van der Waals surface area contributed by atoms with Crippen molar-refractivity contribution in [3.63, 3.8) is 0 Å². The standard InChI is InChI=1S/C14H18NO3.Fm/c1-14(2,3)11-6-4-10(5-7-11)8-12(13(17)18)15-9-16;/h4-7,12H,8H2,1-3H3,(H,15,16)(H,17,18);/q-1;/t12-;/m0./s1. The van der Waals surface area contributed by atoms with Gasteiger partial charge in [0, 0.05) is 6.42 Å². The molecule has 5 heteroatoms. The average molecular weight is 505 g/mol. The number of benzene rings is 1. The number of carbonyl (C=O) groups is 1. The quantitative estimate of drug-likeness (QED) is 0.473. The van der Waals surface area contributed by atoms with Crippen LogP contribution in [-0.4, -0.2) is 23.5 Å². The SMILES string of the molecule is CC(C)(C)c1ccc(C[C@H](N[C-]=O)C(=O)O)cc1.[Fm]. The van der Waals surface area contributed by atoms with Crippen LogP contribution in [-0.2, 0) is 21.4 Å². The summed E-state index contributed by atoms with van der Waals surface area (Å²) in [5.41, 5.74) is 2.13. The van der Waals surface area contributed by atoms with E-state index in [0.29, 0.717) is 0 Å². The number of carbonyl (C=O) groups excluding carboxylic acids is 1. The van der Waals surface area contributed by atoms with E-state index >= 15 is 0 Å². The van der Waals surface area contributed by atoms with Crippen LogP contribution in [0.25, 0.3) is 0 Å². The maximum atomic E-state index is 10.9. The predicted octanol–water partition coefficient (Wildman–Crippen LogP) is 1.64. The molecule has 4 nitrogen and oxygen atoms in total. The molecule has 0 saturated heterocycles. The summed E-state index contributed by atoms with van der Waals surface area (Å²) in [4.78, 5) is 21.1. The minimum absolute atomic E-state index is 0. The molecule has 110 valence electrons. The van der Waals surface area contributed by atoms with E-state index < -0.39 is 12.0 Å². The maximum Gasteiger partial charge on any atom is 0.323 e. The number of amides is 1. The molecule has 0 aliphatic carbocycles. The van der Waals surface area contributed by atoms with E-state index in [0.717, 1.165) is 5.56 Å². The topological polar surface area (TPSA) is 66.4 Å². The minimum Gasteiger partial charge on any atom is -0.520 e. The van der Waals surface area contributed by atoms with Crippen molar-refractivity contribution < 1.29 is 14.7 Å². The number of rotatable bonds is 5. The van der Waals surface area contributed by atoms with Gasteiger partial charge in [0.1, 0.15) is 6.04 Å². The molecular weight excluding hydrogens is 487 g/mol. The molecule has 0 saturated carbocycles. The van der Waals surface area contributed by atoms with Crippen LogP contribution in [0, 0.1) is 0 Å². The molecular formula is C14H18FmNO3-. The van der Waals surface area contributed by atoms with Crippen molar-refractivity contribution in [2.75, 3.05) is 0 Å². The third-order valence-electron chi connectivity index (χ3n) is 2.79. The monoisotopic (exact) mass is 505 g/mol. The Labute approximate surface area is 107 Å². The molecule has 1 aromatic rings. The van der Waals surface area contributed by atoms with Crippen LogP contribution >= 0.6 is 0 Å². The number of hydrogen-bond donors (Lipinski definition) is 2. The van der Waals surface area contributed by atoms with Crippen molar-refractivity contribution in [3.05, 3.63) is 35.4 Å². The van der Waals surface area contributed by atoms with Crippen molar-refractivity contribution in [1.82, 2.24) is 5.32 Å². The van der Waals surface area contributed by atoms with E-state index in [2.05, 4.69) is 26.1 Å². The van der Waals surface area contributed by atoms with Gasteiger partial charge in [0.15, 0.2) is 0 Å². The molecule has 1 atom stereocenters. The van der Waals surface area contributed by atoms with Crippen molar-refractivity contribution in [2.24, 2.45) is 0 Å². The molecule has 0 aliphatic rings. The second-order valence-electron chi connectivity index (χ2n) is 5.29. The number of aliphatic carboxylic acids is 1. The third-order valence-corrected chi connectivity index (χ3v) is 2.79. The Morgan fingerprint density at radius 1 is 1.32 bits per heavy atom. The molecule has 0 radical (unpaired) electrons. The van der Waals surface area contributed by atoms with Crippen LogP contribution in [0.15, 0.2) is 24.3 Å². The van der Waals surface area contributed by atoms with Gasteiger partial charge in [-0.05, 0) is 16.5 Å². The van der Waals surface area contributed by atoms with Gasteiger partial charge >= 0.3 is 5.97 Å². The van der Waals surface area contributed by atoms with Crippen LogP contribution < -0.4 is 5.32 Å². The van der Waals surface area contributed by atoms with Crippen LogP contribution in [0.1, 0.15) is 31.9 Å². The fourth-order valence-electron chi connectivity index (χ4n) is 1.65. The van der Waals surface area contributed by atoms with Gasteiger partial charge in [0.05, 0.1) is 0 Å². The first-order chi connectivity index (χ1) is 8.34. The van der Waals surface area contributed by atoms with Gasteiger partial charge < -0.3 is 15.2 Å². The number of carboxylic acids is 1. The Kier molecular flexibility index (Phi) is 5.26. The van der Waals surface area contributed by atoms with Crippen LogP contribution in [0.3, 0.4) is 0 Å². The Morgan fingerprint density at radius 3 is 2.21 bits per heavy atom. The fourth-order valence-corrected chi connectivity index (χ4v) is 1.65. The van der Waals surface area contributed by atoms with E-state index in [-0.39, 0.29) is 11.8 Å². The van der Waals surface area contributed by atoms with Gasteiger partial charge in [-0.15, -0.1) is 0 Å². The summed E-state index contributed by atoms with van der Waals surface area (Å²) in [7, 11) is 0. The van der Waals surface area contributed by atoms with Crippen LogP contribution in [0.5, 0.6) is 0 Å². The summed E-state index contributed by atoms with van der Waals surface area (Å²) in [5, 5.41) is 11.1. The predicted molar refractivity (Wildman–Crippen MR) is 69.1 cm³/mol. The molecule has 0 aliphatic heterocycles. The summed E-state index contributed by atoms with van der Waals surface area (Å²) in [6, 6.07) is 6.83. The van der Waals surface area contributed by atoms with E-state index in [1.54, 1.807) is 0 Å². The summed E-state index contributed by atoms with van der Waals surface area (Å²) >= 11 is 0. The summed E-state index contributed by atoms with van der Waals surface area (Å²) < 4.78 is 0.